The van der Waals surface area contributed by atoms with Gasteiger partial charge in [0, 0.05) is 44.4 Å². The van der Waals surface area contributed by atoms with Crippen molar-refractivity contribution in [1.82, 2.24) is 9.21 Å². The summed E-state index contributed by atoms with van der Waals surface area (Å²) in [5.41, 5.74) is 2.22. The molecule has 0 amide bonds. The molecule has 0 aliphatic carbocycles. The highest BCUT2D eigenvalue weighted by Gasteiger charge is 2.29. The van der Waals surface area contributed by atoms with Crippen LogP contribution in [0.3, 0.4) is 0 Å². The maximum Gasteiger partial charge on any atom is 0.243 e. The second kappa shape index (κ2) is 10.1. The highest BCUT2D eigenvalue weighted by atomic mass is 79.9. The molecular formula is C24H33BrN2O4S. The lowest BCUT2D eigenvalue weighted by atomic mass is 9.82. The molecular weight excluding hydrogens is 492 g/mol. The van der Waals surface area contributed by atoms with Crippen molar-refractivity contribution in [3.8, 4) is 11.5 Å². The molecule has 176 valence electrons. The molecule has 0 bridgehead atoms. The van der Waals surface area contributed by atoms with Crippen molar-refractivity contribution in [3.63, 3.8) is 0 Å². The summed E-state index contributed by atoms with van der Waals surface area (Å²) in [6.07, 6.45) is 0.997. The smallest absolute Gasteiger partial charge is 0.243 e. The molecule has 6 nitrogen and oxygen atoms in total. The van der Waals surface area contributed by atoms with E-state index >= 15 is 0 Å². The summed E-state index contributed by atoms with van der Waals surface area (Å²) in [5.74, 6) is 1.48. The van der Waals surface area contributed by atoms with Gasteiger partial charge in [-0.15, -0.1) is 0 Å². The Morgan fingerprint density at radius 3 is 2.09 bits per heavy atom. The number of piperazine rings is 1. The number of halogens is 1. The number of benzene rings is 2. The fourth-order valence-electron chi connectivity index (χ4n) is 3.85. The first kappa shape index (κ1) is 25.0. The molecule has 1 aliphatic rings. The number of methoxy groups -OCH3 is 2. The molecule has 1 saturated heterocycles. The van der Waals surface area contributed by atoms with Gasteiger partial charge in [0.2, 0.25) is 10.0 Å². The maximum atomic E-state index is 13.2. The summed E-state index contributed by atoms with van der Waals surface area (Å²) in [5, 5.41) is 0. The van der Waals surface area contributed by atoms with Crippen molar-refractivity contribution >= 4 is 26.0 Å². The SMILES string of the molecule is CCC(C)(C)c1ccc(S(=O)(=O)N2CCN(Cc3cc(Br)c(OC)cc3OC)CC2)cc1. The van der Waals surface area contributed by atoms with E-state index in [9.17, 15) is 8.42 Å². The van der Waals surface area contributed by atoms with Gasteiger partial charge in [0.05, 0.1) is 23.6 Å². The Bertz CT molecular complexity index is 1030. The van der Waals surface area contributed by atoms with Crippen molar-refractivity contribution in [1.29, 1.82) is 0 Å². The summed E-state index contributed by atoms with van der Waals surface area (Å²) < 4.78 is 39.7. The standard InChI is InChI=1S/C24H33BrN2O4S/c1-6-24(2,3)19-7-9-20(10-8-19)32(28,29)27-13-11-26(12-14-27)17-18-15-21(25)23(31-5)16-22(18)30-4/h7-10,15-16H,6,11-14,17H2,1-5H3. The van der Waals surface area contributed by atoms with Gasteiger partial charge >= 0.3 is 0 Å². The van der Waals surface area contributed by atoms with Gasteiger partial charge in [-0.25, -0.2) is 8.42 Å². The molecule has 0 atom stereocenters. The zero-order valence-electron chi connectivity index (χ0n) is 19.5. The summed E-state index contributed by atoms with van der Waals surface area (Å²) in [4.78, 5) is 2.61. The minimum absolute atomic E-state index is 0.0332. The van der Waals surface area contributed by atoms with Gasteiger partial charge in [-0.1, -0.05) is 32.9 Å². The third-order valence-electron chi connectivity index (χ3n) is 6.44. The van der Waals surface area contributed by atoms with Gasteiger partial charge in [0.15, 0.2) is 0 Å². The van der Waals surface area contributed by atoms with E-state index in [-0.39, 0.29) is 5.41 Å². The maximum absolute atomic E-state index is 13.2. The highest BCUT2D eigenvalue weighted by molar-refractivity contribution is 9.10. The van der Waals surface area contributed by atoms with E-state index < -0.39 is 10.0 Å². The van der Waals surface area contributed by atoms with Crippen molar-refractivity contribution in [2.24, 2.45) is 0 Å². The number of sulfonamides is 1. The third kappa shape index (κ3) is 5.30. The van der Waals surface area contributed by atoms with Crippen LogP contribution in [0.1, 0.15) is 38.3 Å². The third-order valence-corrected chi connectivity index (χ3v) is 8.97. The van der Waals surface area contributed by atoms with Crippen LogP contribution in [0.15, 0.2) is 45.8 Å². The number of ether oxygens (including phenoxy) is 2. The van der Waals surface area contributed by atoms with Crippen LogP contribution >= 0.6 is 15.9 Å². The second-order valence-corrected chi connectivity index (χ2v) is 11.5. The van der Waals surface area contributed by atoms with Crippen LogP contribution in [0.4, 0.5) is 0 Å². The minimum Gasteiger partial charge on any atom is -0.496 e. The second-order valence-electron chi connectivity index (χ2n) is 8.74. The molecule has 0 unspecified atom stereocenters. The van der Waals surface area contributed by atoms with Gasteiger partial charge in [-0.3, -0.25) is 4.90 Å². The van der Waals surface area contributed by atoms with E-state index in [1.807, 2.05) is 24.3 Å². The molecule has 1 heterocycles. The molecule has 2 aromatic rings. The summed E-state index contributed by atoms with van der Waals surface area (Å²) in [6, 6.07) is 11.2. The Hall–Kier alpha value is -1.61. The number of hydrogen-bond donors (Lipinski definition) is 0. The van der Waals surface area contributed by atoms with Gasteiger partial charge in [0.25, 0.3) is 0 Å². The summed E-state index contributed by atoms with van der Waals surface area (Å²) in [7, 11) is -0.233. The Balaban J connectivity index is 1.67. The quantitative estimate of drug-likeness (QED) is 0.502. The van der Waals surface area contributed by atoms with E-state index in [0.29, 0.717) is 37.6 Å². The number of nitrogens with zero attached hydrogens (tertiary/aromatic N) is 2. The van der Waals surface area contributed by atoms with Crippen LogP contribution < -0.4 is 9.47 Å². The number of hydrogen-bond acceptors (Lipinski definition) is 5. The molecule has 0 saturated carbocycles. The molecule has 3 rings (SSSR count). The van der Waals surface area contributed by atoms with Gasteiger partial charge in [-0.2, -0.15) is 4.31 Å². The molecule has 1 aliphatic heterocycles. The summed E-state index contributed by atoms with van der Waals surface area (Å²) in [6.45, 7) is 9.41. The Morgan fingerprint density at radius 2 is 1.56 bits per heavy atom. The average Bonchev–Trinajstić information content (AvgIpc) is 2.79. The molecule has 32 heavy (non-hydrogen) atoms. The number of rotatable bonds is 8. The first-order chi connectivity index (χ1) is 15.1. The molecule has 8 heteroatoms. The normalized spacial score (nSPS) is 16.2. The molecule has 1 fully saturated rings. The van der Waals surface area contributed by atoms with Crippen molar-refractivity contribution < 1.29 is 17.9 Å². The molecule has 0 N–H and O–H groups in total. The fraction of sp³-hybridized carbons (Fsp3) is 0.500. The predicted molar refractivity (Wildman–Crippen MR) is 131 cm³/mol. The van der Waals surface area contributed by atoms with Crippen LogP contribution in [0.5, 0.6) is 11.5 Å². The first-order valence-corrected chi connectivity index (χ1v) is 13.1. The zero-order chi connectivity index (χ0) is 23.5. The van der Waals surface area contributed by atoms with Crippen LogP contribution in [-0.4, -0.2) is 58.0 Å². The van der Waals surface area contributed by atoms with E-state index in [1.54, 1.807) is 30.7 Å². The highest BCUT2D eigenvalue weighted by Crippen LogP contribution is 2.34. The Labute approximate surface area is 200 Å². The van der Waals surface area contributed by atoms with E-state index in [1.165, 1.54) is 0 Å². The molecule has 2 aromatic carbocycles. The van der Waals surface area contributed by atoms with Gasteiger partial charge in [0.1, 0.15) is 11.5 Å². The van der Waals surface area contributed by atoms with Crippen LogP contribution in [-0.2, 0) is 22.0 Å². The van der Waals surface area contributed by atoms with E-state index in [2.05, 4.69) is 41.6 Å². The van der Waals surface area contributed by atoms with Crippen molar-refractivity contribution in [2.45, 2.75) is 44.0 Å². The van der Waals surface area contributed by atoms with E-state index in [4.69, 9.17) is 9.47 Å². The Kier molecular flexibility index (Phi) is 7.91. The van der Waals surface area contributed by atoms with Crippen LogP contribution in [0, 0.1) is 0 Å². The fourth-order valence-corrected chi connectivity index (χ4v) is 5.82. The lowest BCUT2D eigenvalue weighted by Crippen LogP contribution is -2.48. The van der Waals surface area contributed by atoms with Crippen molar-refractivity contribution in [2.75, 3.05) is 40.4 Å². The lowest BCUT2D eigenvalue weighted by Gasteiger charge is -2.34. The topological polar surface area (TPSA) is 59.1 Å². The van der Waals surface area contributed by atoms with Gasteiger partial charge < -0.3 is 9.47 Å². The molecule has 0 aromatic heterocycles. The lowest BCUT2D eigenvalue weighted by molar-refractivity contribution is 0.180. The largest absolute Gasteiger partial charge is 0.496 e. The molecule has 0 spiro atoms. The average molecular weight is 526 g/mol. The Morgan fingerprint density at radius 1 is 0.969 bits per heavy atom. The van der Waals surface area contributed by atoms with Gasteiger partial charge in [-0.05, 0) is 51.5 Å². The predicted octanol–water partition coefficient (Wildman–Crippen LogP) is 4.66. The van der Waals surface area contributed by atoms with Crippen molar-refractivity contribution in [3.05, 3.63) is 52.0 Å². The van der Waals surface area contributed by atoms with E-state index in [0.717, 1.165) is 33.5 Å². The van der Waals surface area contributed by atoms with Crippen LogP contribution in [0.25, 0.3) is 0 Å². The summed E-state index contributed by atoms with van der Waals surface area (Å²) >= 11 is 3.53. The van der Waals surface area contributed by atoms with Crippen LogP contribution in [0.2, 0.25) is 0 Å². The zero-order valence-corrected chi connectivity index (χ0v) is 21.9. The minimum atomic E-state index is -3.50. The monoisotopic (exact) mass is 524 g/mol. The molecule has 0 radical (unpaired) electrons. The first-order valence-electron chi connectivity index (χ1n) is 10.9.